The predicted octanol–water partition coefficient (Wildman–Crippen LogP) is 3.15. The molecule has 1 aliphatic heterocycles. The van der Waals surface area contributed by atoms with E-state index in [1.54, 1.807) is 7.11 Å². The lowest BCUT2D eigenvalue weighted by Gasteiger charge is -2.31. The molecule has 1 aliphatic rings. The van der Waals surface area contributed by atoms with Crippen LogP contribution in [0.4, 0.5) is 5.69 Å². The van der Waals surface area contributed by atoms with Crippen LogP contribution < -0.4 is 15.0 Å². The molecule has 1 fully saturated rings. The summed E-state index contributed by atoms with van der Waals surface area (Å²) in [6.07, 6.45) is 0. The first kappa shape index (κ1) is 16.3. The van der Waals surface area contributed by atoms with Crippen LogP contribution in [-0.4, -0.2) is 38.3 Å². The molecule has 6 heteroatoms. The average Bonchev–Trinajstić information content (AvgIpc) is 2.49. The van der Waals surface area contributed by atoms with Crippen molar-refractivity contribution in [1.82, 2.24) is 10.3 Å². The number of aryl methyl sites for hydroxylation is 1. The molecular weight excluding hydrogens is 354 g/mol. The van der Waals surface area contributed by atoms with E-state index in [0.29, 0.717) is 0 Å². The third-order valence-electron chi connectivity index (χ3n) is 3.71. The number of aromatic nitrogens is 1. The molecule has 0 amide bonds. The third-order valence-corrected chi connectivity index (χ3v) is 4.66. The first-order valence-electron chi connectivity index (χ1n) is 6.81. The Morgan fingerprint density at radius 2 is 2.00 bits per heavy atom. The van der Waals surface area contributed by atoms with Crippen LogP contribution in [0.2, 0.25) is 0 Å². The molecule has 1 N–H and O–H groups in total. The minimum absolute atomic E-state index is 0. The van der Waals surface area contributed by atoms with E-state index in [1.165, 1.54) is 5.69 Å². The van der Waals surface area contributed by atoms with Crippen LogP contribution in [0.15, 0.2) is 22.7 Å². The van der Waals surface area contributed by atoms with Crippen molar-refractivity contribution >= 4 is 44.9 Å². The Kier molecular flexibility index (Phi) is 5.30. The second-order valence-corrected chi connectivity index (χ2v) is 5.75. The zero-order chi connectivity index (χ0) is 14.1. The fourth-order valence-corrected chi connectivity index (χ4v) is 3.25. The molecular formula is C15H19BrClN3O. The summed E-state index contributed by atoms with van der Waals surface area (Å²) in [4.78, 5) is 7.10. The monoisotopic (exact) mass is 371 g/mol. The SMILES string of the molecule is COc1cccc2c(N3CCNCC3)c(Br)c(C)nc12.Cl. The van der Waals surface area contributed by atoms with Crippen molar-refractivity contribution in [3.8, 4) is 5.75 Å². The molecule has 0 unspecified atom stereocenters. The first-order chi connectivity index (χ1) is 9.72. The van der Waals surface area contributed by atoms with Gasteiger partial charge in [-0.05, 0) is 28.9 Å². The number of benzene rings is 1. The average molecular weight is 373 g/mol. The van der Waals surface area contributed by atoms with E-state index in [9.17, 15) is 0 Å². The summed E-state index contributed by atoms with van der Waals surface area (Å²) in [6.45, 7) is 6.07. The molecule has 1 saturated heterocycles. The summed E-state index contributed by atoms with van der Waals surface area (Å²) in [7, 11) is 1.69. The molecule has 0 saturated carbocycles. The van der Waals surface area contributed by atoms with Gasteiger partial charge in [0.2, 0.25) is 0 Å². The standard InChI is InChI=1S/C15H18BrN3O.ClH/c1-10-13(16)15(19-8-6-17-7-9-19)11-4-3-5-12(20-2)14(11)18-10;/h3-5,17H,6-9H2,1-2H3;1H. The lowest BCUT2D eigenvalue weighted by molar-refractivity contribution is 0.419. The van der Waals surface area contributed by atoms with E-state index in [0.717, 1.165) is 53.0 Å². The number of para-hydroxylation sites is 1. The smallest absolute Gasteiger partial charge is 0.145 e. The summed E-state index contributed by atoms with van der Waals surface area (Å²) in [6, 6.07) is 6.10. The fourth-order valence-electron chi connectivity index (χ4n) is 2.70. The van der Waals surface area contributed by atoms with Gasteiger partial charge in [0.05, 0.1) is 23.0 Å². The van der Waals surface area contributed by atoms with Crippen LogP contribution >= 0.6 is 28.3 Å². The van der Waals surface area contributed by atoms with Crippen molar-refractivity contribution in [3.63, 3.8) is 0 Å². The highest BCUT2D eigenvalue weighted by atomic mass is 79.9. The Bertz CT molecular complexity index is 644. The maximum atomic E-state index is 5.46. The number of piperazine rings is 1. The molecule has 0 aliphatic carbocycles. The van der Waals surface area contributed by atoms with Crippen molar-refractivity contribution in [2.75, 3.05) is 38.2 Å². The Morgan fingerprint density at radius 3 is 2.67 bits per heavy atom. The topological polar surface area (TPSA) is 37.4 Å². The number of halogens is 2. The molecule has 3 rings (SSSR count). The molecule has 2 heterocycles. The number of hydrogen-bond donors (Lipinski definition) is 1. The van der Waals surface area contributed by atoms with Crippen molar-refractivity contribution in [2.24, 2.45) is 0 Å². The maximum absolute atomic E-state index is 5.46. The van der Waals surface area contributed by atoms with Gasteiger partial charge in [-0.2, -0.15) is 0 Å². The van der Waals surface area contributed by atoms with E-state index in [1.807, 2.05) is 19.1 Å². The molecule has 0 radical (unpaired) electrons. The van der Waals surface area contributed by atoms with Crippen LogP contribution in [0.3, 0.4) is 0 Å². The number of anilines is 1. The van der Waals surface area contributed by atoms with Gasteiger partial charge < -0.3 is 15.0 Å². The van der Waals surface area contributed by atoms with E-state index in [-0.39, 0.29) is 12.4 Å². The van der Waals surface area contributed by atoms with Gasteiger partial charge in [-0.3, -0.25) is 0 Å². The lowest BCUT2D eigenvalue weighted by Crippen LogP contribution is -2.43. The second-order valence-electron chi connectivity index (χ2n) is 4.95. The summed E-state index contributed by atoms with van der Waals surface area (Å²) >= 11 is 3.72. The van der Waals surface area contributed by atoms with Gasteiger partial charge >= 0.3 is 0 Å². The fraction of sp³-hybridized carbons (Fsp3) is 0.400. The van der Waals surface area contributed by atoms with Gasteiger partial charge in [0.25, 0.3) is 0 Å². The Labute approximate surface area is 139 Å². The maximum Gasteiger partial charge on any atom is 0.145 e. The molecule has 2 aromatic rings. The number of fused-ring (bicyclic) bond motifs is 1. The van der Waals surface area contributed by atoms with Crippen LogP contribution in [0.1, 0.15) is 5.69 Å². The molecule has 1 aromatic heterocycles. The van der Waals surface area contributed by atoms with Gasteiger partial charge in [0.1, 0.15) is 11.3 Å². The number of ether oxygens (including phenoxy) is 1. The molecule has 0 spiro atoms. The number of pyridine rings is 1. The molecule has 0 atom stereocenters. The quantitative estimate of drug-likeness (QED) is 0.879. The first-order valence-corrected chi connectivity index (χ1v) is 7.60. The predicted molar refractivity (Wildman–Crippen MR) is 93.1 cm³/mol. The molecule has 114 valence electrons. The highest BCUT2D eigenvalue weighted by molar-refractivity contribution is 9.10. The van der Waals surface area contributed by atoms with Crippen LogP contribution in [-0.2, 0) is 0 Å². The Morgan fingerprint density at radius 1 is 1.29 bits per heavy atom. The summed E-state index contributed by atoms with van der Waals surface area (Å²) in [5.74, 6) is 0.828. The normalized spacial score (nSPS) is 14.9. The number of rotatable bonds is 2. The molecule has 4 nitrogen and oxygen atoms in total. The summed E-state index contributed by atoms with van der Waals surface area (Å²) < 4.78 is 6.54. The van der Waals surface area contributed by atoms with Crippen LogP contribution in [0, 0.1) is 6.92 Å². The van der Waals surface area contributed by atoms with E-state index >= 15 is 0 Å². The van der Waals surface area contributed by atoms with Gasteiger partial charge in [-0.1, -0.05) is 12.1 Å². The number of nitrogens with zero attached hydrogens (tertiary/aromatic N) is 2. The van der Waals surface area contributed by atoms with Crippen molar-refractivity contribution in [2.45, 2.75) is 6.92 Å². The van der Waals surface area contributed by atoms with Gasteiger partial charge in [0, 0.05) is 31.6 Å². The molecule has 0 bridgehead atoms. The van der Waals surface area contributed by atoms with Crippen LogP contribution in [0.5, 0.6) is 5.75 Å². The van der Waals surface area contributed by atoms with E-state index < -0.39 is 0 Å². The number of hydrogen-bond acceptors (Lipinski definition) is 4. The number of nitrogens with one attached hydrogen (secondary N) is 1. The highest BCUT2D eigenvalue weighted by Gasteiger charge is 2.20. The van der Waals surface area contributed by atoms with Crippen molar-refractivity contribution in [1.29, 1.82) is 0 Å². The highest BCUT2D eigenvalue weighted by Crippen LogP contribution is 2.38. The Balaban J connectivity index is 0.00000161. The van der Waals surface area contributed by atoms with Gasteiger partial charge in [0.15, 0.2) is 0 Å². The van der Waals surface area contributed by atoms with Crippen molar-refractivity contribution in [3.05, 3.63) is 28.4 Å². The zero-order valence-corrected chi connectivity index (χ0v) is 14.6. The minimum atomic E-state index is 0. The summed E-state index contributed by atoms with van der Waals surface area (Å²) in [5, 5.41) is 4.53. The van der Waals surface area contributed by atoms with E-state index in [4.69, 9.17) is 4.74 Å². The Hall–Kier alpha value is -1.04. The van der Waals surface area contributed by atoms with Gasteiger partial charge in [-0.25, -0.2) is 4.98 Å². The largest absolute Gasteiger partial charge is 0.494 e. The molecule has 1 aromatic carbocycles. The number of methoxy groups -OCH3 is 1. The van der Waals surface area contributed by atoms with Gasteiger partial charge in [-0.15, -0.1) is 12.4 Å². The lowest BCUT2D eigenvalue weighted by atomic mass is 10.1. The van der Waals surface area contributed by atoms with Crippen molar-refractivity contribution < 1.29 is 4.74 Å². The third kappa shape index (κ3) is 2.96. The van der Waals surface area contributed by atoms with Crippen LogP contribution in [0.25, 0.3) is 10.9 Å². The second kappa shape index (κ2) is 6.81. The minimum Gasteiger partial charge on any atom is -0.494 e. The zero-order valence-electron chi connectivity index (χ0n) is 12.1. The summed E-state index contributed by atoms with van der Waals surface area (Å²) in [5.41, 5.74) is 3.16. The van der Waals surface area contributed by atoms with E-state index in [2.05, 4.69) is 37.2 Å². The molecule has 21 heavy (non-hydrogen) atoms.